The SMILES string of the molecule is CC(C)(Cn1c(=S)[nH]c2cc(F)c(Br)cc21)NS(C)(=O)=O. The summed E-state index contributed by atoms with van der Waals surface area (Å²) in [5, 5.41) is 0. The van der Waals surface area contributed by atoms with Gasteiger partial charge in [-0.3, -0.25) is 0 Å². The van der Waals surface area contributed by atoms with Crippen LogP contribution in [0, 0.1) is 10.6 Å². The Bertz CT molecular complexity index is 855. The van der Waals surface area contributed by atoms with Crippen molar-refractivity contribution in [3.05, 3.63) is 27.2 Å². The number of hydrogen-bond acceptors (Lipinski definition) is 3. The van der Waals surface area contributed by atoms with Gasteiger partial charge < -0.3 is 9.55 Å². The van der Waals surface area contributed by atoms with Crippen LogP contribution in [0.25, 0.3) is 11.0 Å². The maximum Gasteiger partial charge on any atom is 0.209 e. The van der Waals surface area contributed by atoms with Crippen LogP contribution in [0.15, 0.2) is 16.6 Å². The van der Waals surface area contributed by atoms with Crippen molar-refractivity contribution in [1.29, 1.82) is 0 Å². The first-order valence-corrected chi connectivity index (χ1v) is 9.14. The first kappa shape index (κ1) is 16.6. The van der Waals surface area contributed by atoms with Crippen LogP contribution < -0.4 is 4.72 Å². The predicted molar refractivity (Wildman–Crippen MR) is 86.8 cm³/mol. The molecule has 0 fully saturated rings. The Morgan fingerprint density at radius 3 is 2.67 bits per heavy atom. The van der Waals surface area contributed by atoms with E-state index in [-0.39, 0.29) is 5.82 Å². The van der Waals surface area contributed by atoms with Crippen LogP contribution in [0.1, 0.15) is 13.8 Å². The molecule has 116 valence electrons. The molecular weight excluding hydrogens is 381 g/mol. The van der Waals surface area contributed by atoms with Crippen LogP contribution in [-0.4, -0.2) is 29.8 Å². The first-order valence-electron chi connectivity index (χ1n) is 6.05. The third-order valence-electron chi connectivity index (χ3n) is 2.83. The van der Waals surface area contributed by atoms with Crippen LogP contribution in [-0.2, 0) is 16.6 Å². The molecule has 0 atom stereocenters. The van der Waals surface area contributed by atoms with Gasteiger partial charge in [-0.15, -0.1) is 0 Å². The third kappa shape index (κ3) is 3.91. The minimum Gasteiger partial charge on any atom is -0.330 e. The lowest BCUT2D eigenvalue weighted by Crippen LogP contribution is -2.46. The third-order valence-corrected chi connectivity index (χ3v) is 4.68. The van der Waals surface area contributed by atoms with E-state index in [2.05, 4.69) is 25.6 Å². The van der Waals surface area contributed by atoms with Crippen molar-refractivity contribution in [3.63, 3.8) is 0 Å². The number of rotatable bonds is 4. The molecule has 0 bridgehead atoms. The summed E-state index contributed by atoms with van der Waals surface area (Å²) in [4.78, 5) is 2.92. The van der Waals surface area contributed by atoms with Crippen LogP contribution in [0.4, 0.5) is 4.39 Å². The second-order valence-corrected chi connectivity index (χ2v) is 8.55. The highest BCUT2D eigenvalue weighted by atomic mass is 79.9. The molecular formula is C12H15BrFN3O2S2. The average Bonchev–Trinajstić information content (AvgIpc) is 2.53. The van der Waals surface area contributed by atoms with Gasteiger partial charge in [0.05, 0.1) is 21.8 Å². The molecule has 0 amide bonds. The van der Waals surface area contributed by atoms with Crippen LogP contribution in [0.2, 0.25) is 0 Å². The number of sulfonamides is 1. The molecule has 5 nitrogen and oxygen atoms in total. The lowest BCUT2D eigenvalue weighted by atomic mass is 10.1. The molecule has 0 aliphatic heterocycles. The van der Waals surface area contributed by atoms with E-state index in [0.717, 1.165) is 6.26 Å². The van der Waals surface area contributed by atoms with E-state index in [9.17, 15) is 12.8 Å². The molecule has 0 aliphatic carbocycles. The predicted octanol–water partition coefficient (Wildman–Crippen LogP) is 2.93. The Morgan fingerprint density at radius 1 is 1.48 bits per heavy atom. The summed E-state index contributed by atoms with van der Waals surface area (Å²) < 4.78 is 41.4. The zero-order chi connectivity index (χ0) is 16.0. The van der Waals surface area contributed by atoms with E-state index in [1.807, 2.05) is 0 Å². The van der Waals surface area contributed by atoms with Gasteiger partial charge in [0, 0.05) is 18.2 Å². The van der Waals surface area contributed by atoms with Gasteiger partial charge in [0.15, 0.2) is 4.77 Å². The number of H-pyrrole nitrogens is 1. The van der Waals surface area contributed by atoms with Gasteiger partial charge >= 0.3 is 0 Å². The summed E-state index contributed by atoms with van der Waals surface area (Å²) in [6, 6.07) is 2.97. The van der Waals surface area contributed by atoms with Crippen LogP contribution in [0.3, 0.4) is 0 Å². The molecule has 2 rings (SSSR count). The second-order valence-electron chi connectivity index (χ2n) is 5.56. The smallest absolute Gasteiger partial charge is 0.209 e. The normalized spacial score (nSPS) is 13.0. The Morgan fingerprint density at radius 2 is 2.10 bits per heavy atom. The molecule has 2 aromatic rings. The molecule has 1 aromatic carbocycles. The Hall–Kier alpha value is -0.770. The summed E-state index contributed by atoms with van der Waals surface area (Å²) in [6.45, 7) is 3.83. The second kappa shape index (κ2) is 5.45. The van der Waals surface area contributed by atoms with Gasteiger partial charge in [-0.2, -0.15) is 0 Å². The van der Waals surface area contributed by atoms with Gasteiger partial charge in [-0.05, 0) is 48.1 Å². The van der Waals surface area contributed by atoms with E-state index in [1.54, 1.807) is 24.5 Å². The molecule has 0 aliphatic rings. The van der Waals surface area contributed by atoms with Crippen molar-refractivity contribution in [2.45, 2.75) is 25.9 Å². The highest BCUT2D eigenvalue weighted by molar-refractivity contribution is 9.10. The Labute approximate surface area is 135 Å². The summed E-state index contributed by atoms with van der Waals surface area (Å²) in [7, 11) is -3.34. The number of aromatic amines is 1. The fourth-order valence-corrected chi connectivity index (χ4v) is 3.91. The van der Waals surface area contributed by atoms with Gasteiger partial charge in [0.2, 0.25) is 10.0 Å². The topological polar surface area (TPSA) is 66.9 Å². The number of nitrogens with zero attached hydrogens (tertiary/aromatic N) is 1. The largest absolute Gasteiger partial charge is 0.330 e. The summed E-state index contributed by atoms with van der Waals surface area (Å²) in [5.41, 5.74) is 0.537. The fraction of sp³-hybridized carbons (Fsp3) is 0.417. The summed E-state index contributed by atoms with van der Waals surface area (Å²) in [5.74, 6) is -0.389. The van der Waals surface area contributed by atoms with E-state index >= 15 is 0 Å². The Balaban J connectivity index is 2.50. The van der Waals surface area contributed by atoms with Crippen molar-refractivity contribution >= 4 is 49.2 Å². The average molecular weight is 396 g/mol. The lowest BCUT2D eigenvalue weighted by Gasteiger charge is -2.25. The maximum absolute atomic E-state index is 13.5. The molecule has 1 aromatic heterocycles. The van der Waals surface area contributed by atoms with Crippen molar-refractivity contribution in [2.75, 3.05) is 6.26 Å². The summed E-state index contributed by atoms with van der Waals surface area (Å²) in [6.07, 6.45) is 1.11. The van der Waals surface area contributed by atoms with Crippen molar-refractivity contribution in [3.8, 4) is 0 Å². The van der Waals surface area contributed by atoms with E-state index in [4.69, 9.17) is 12.2 Å². The Kier molecular flexibility index (Phi) is 4.31. The molecule has 0 saturated carbocycles. The number of aromatic nitrogens is 2. The van der Waals surface area contributed by atoms with Crippen LogP contribution in [0.5, 0.6) is 0 Å². The molecule has 0 radical (unpaired) electrons. The monoisotopic (exact) mass is 395 g/mol. The van der Waals surface area contributed by atoms with Crippen molar-refractivity contribution in [2.24, 2.45) is 0 Å². The molecule has 2 N–H and O–H groups in total. The zero-order valence-electron chi connectivity index (χ0n) is 11.7. The van der Waals surface area contributed by atoms with Crippen molar-refractivity contribution in [1.82, 2.24) is 14.3 Å². The fourth-order valence-electron chi connectivity index (χ4n) is 2.24. The first-order chi connectivity index (χ1) is 9.48. The molecule has 9 heteroatoms. The highest BCUT2D eigenvalue weighted by Gasteiger charge is 2.24. The quantitative estimate of drug-likeness (QED) is 0.781. The van der Waals surface area contributed by atoms with E-state index in [0.29, 0.717) is 26.8 Å². The number of imidazole rings is 1. The molecule has 0 saturated heterocycles. The van der Waals surface area contributed by atoms with E-state index in [1.165, 1.54) is 6.07 Å². The number of halogens is 2. The summed E-state index contributed by atoms with van der Waals surface area (Å²) >= 11 is 8.38. The highest BCUT2D eigenvalue weighted by Crippen LogP contribution is 2.24. The number of benzene rings is 1. The molecule has 0 unspecified atom stereocenters. The standard InChI is InChI=1S/C12H15BrFN3O2S2/c1-12(2,16-21(3,18)19)6-17-10-4-7(13)8(14)5-9(10)15-11(17)20/h4-5,16H,6H2,1-3H3,(H,15,20). The molecule has 0 spiro atoms. The van der Waals surface area contributed by atoms with Crippen molar-refractivity contribution < 1.29 is 12.8 Å². The van der Waals surface area contributed by atoms with E-state index < -0.39 is 15.6 Å². The van der Waals surface area contributed by atoms with Gasteiger partial charge in [0.1, 0.15) is 5.82 Å². The number of hydrogen-bond donors (Lipinski definition) is 2. The number of nitrogens with one attached hydrogen (secondary N) is 2. The minimum atomic E-state index is -3.34. The zero-order valence-corrected chi connectivity index (χ0v) is 14.9. The maximum atomic E-state index is 13.5. The molecule has 1 heterocycles. The minimum absolute atomic E-state index is 0.316. The van der Waals surface area contributed by atoms with Crippen LogP contribution >= 0.6 is 28.1 Å². The van der Waals surface area contributed by atoms with Gasteiger partial charge in [-0.1, -0.05) is 0 Å². The number of fused-ring (bicyclic) bond motifs is 1. The lowest BCUT2D eigenvalue weighted by molar-refractivity contribution is 0.394. The molecule has 21 heavy (non-hydrogen) atoms. The van der Waals surface area contributed by atoms with Gasteiger partial charge in [0.25, 0.3) is 0 Å². The van der Waals surface area contributed by atoms with Gasteiger partial charge in [-0.25, -0.2) is 17.5 Å².